The van der Waals surface area contributed by atoms with E-state index in [1.165, 1.54) is 4.90 Å². The Morgan fingerprint density at radius 1 is 1.26 bits per heavy atom. The summed E-state index contributed by atoms with van der Waals surface area (Å²) in [7, 11) is 0. The summed E-state index contributed by atoms with van der Waals surface area (Å²) in [4.78, 5) is 25.1. The van der Waals surface area contributed by atoms with Gasteiger partial charge in [-0.05, 0) is 39.0 Å². The van der Waals surface area contributed by atoms with E-state index in [0.717, 1.165) is 0 Å². The highest BCUT2D eigenvalue weighted by molar-refractivity contribution is 6.52. The van der Waals surface area contributed by atoms with Crippen LogP contribution < -0.4 is 4.90 Å². The zero-order valence-electron chi connectivity index (χ0n) is 11.1. The molecule has 19 heavy (non-hydrogen) atoms. The molecule has 0 radical (unpaired) electrons. The maximum atomic E-state index is 11.9. The van der Waals surface area contributed by atoms with Gasteiger partial charge < -0.3 is 0 Å². The molecule has 0 aromatic heterocycles. The molecule has 0 spiro atoms. The summed E-state index contributed by atoms with van der Waals surface area (Å²) >= 11 is 5.91. The Labute approximate surface area is 117 Å². The van der Waals surface area contributed by atoms with Crippen LogP contribution >= 0.6 is 11.6 Å². The Hall–Kier alpha value is -1.79. The van der Waals surface area contributed by atoms with Gasteiger partial charge in [0.2, 0.25) is 0 Å². The molecular formula is C15H14ClNO2. The summed E-state index contributed by atoms with van der Waals surface area (Å²) < 4.78 is 0. The monoisotopic (exact) mass is 275 g/mol. The molecule has 1 aliphatic heterocycles. The molecule has 0 fully saturated rings. The quantitative estimate of drug-likeness (QED) is 0.584. The molecular weight excluding hydrogens is 262 g/mol. The van der Waals surface area contributed by atoms with E-state index in [0.29, 0.717) is 16.3 Å². The summed E-state index contributed by atoms with van der Waals surface area (Å²) in [6.07, 6.45) is 0. The second kappa shape index (κ2) is 4.71. The van der Waals surface area contributed by atoms with Gasteiger partial charge in [-0.2, -0.15) is 0 Å². The van der Waals surface area contributed by atoms with Gasteiger partial charge in [-0.25, -0.2) is 0 Å². The van der Waals surface area contributed by atoms with Gasteiger partial charge in [-0.3, -0.25) is 14.5 Å². The molecule has 2 rings (SSSR count). The Morgan fingerprint density at radius 2 is 1.95 bits per heavy atom. The van der Waals surface area contributed by atoms with Crippen LogP contribution in [0, 0.1) is 17.3 Å². The Kier molecular flexibility index (Phi) is 3.38. The van der Waals surface area contributed by atoms with Crippen LogP contribution in [0.15, 0.2) is 18.2 Å². The summed E-state index contributed by atoms with van der Waals surface area (Å²) in [5.41, 5.74) is 0.807. The lowest BCUT2D eigenvalue weighted by atomic mass is 9.98. The largest absolute Gasteiger partial charge is 0.300 e. The molecule has 0 aliphatic carbocycles. The first-order chi connectivity index (χ1) is 8.79. The lowest BCUT2D eigenvalue weighted by Gasteiger charge is -2.13. The average Bonchev–Trinajstić information content (AvgIpc) is 2.52. The van der Waals surface area contributed by atoms with E-state index in [-0.39, 0.29) is 12.0 Å². The van der Waals surface area contributed by atoms with Crippen LogP contribution in [-0.2, 0) is 4.79 Å². The van der Waals surface area contributed by atoms with Gasteiger partial charge in [-0.1, -0.05) is 23.4 Å². The molecule has 98 valence electrons. The van der Waals surface area contributed by atoms with Gasteiger partial charge in [0.1, 0.15) is 0 Å². The van der Waals surface area contributed by atoms with Crippen LogP contribution in [-0.4, -0.2) is 18.2 Å². The van der Waals surface area contributed by atoms with E-state index in [1.807, 2.05) is 20.8 Å². The van der Waals surface area contributed by atoms with Gasteiger partial charge in [0.15, 0.2) is 0 Å². The molecule has 1 aromatic carbocycles. The number of ketones is 1. The van der Waals surface area contributed by atoms with Crippen molar-refractivity contribution in [2.24, 2.45) is 5.41 Å². The highest BCUT2D eigenvalue weighted by Gasteiger charge is 2.35. The first-order valence-electron chi connectivity index (χ1n) is 5.95. The van der Waals surface area contributed by atoms with E-state index < -0.39 is 11.7 Å². The van der Waals surface area contributed by atoms with Crippen molar-refractivity contribution in [3.05, 3.63) is 28.8 Å². The van der Waals surface area contributed by atoms with E-state index >= 15 is 0 Å². The van der Waals surface area contributed by atoms with Gasteiger partial charge >= 0.3 is 0 Å². The fraction of sp³-hybridized carbons (Fsp3) is 0.333. The molecule has 0 unspecified atom stereocenters. The Bertz CT molecular complexity index is 617. The number of benzene rings is 1. The summed E-state index contributed by atoms with van der Waals surface area (Å²) in [5, 5.41) is 0.495. The van der Waals surface area contributed by atoms with E-state index in [2.05, 4.69) is 11.8 Å². The number of fused-ring (bicyclic) bond motifs is 1. The highest BCUT2D eigenvalue weighted by atomic mass is 35.5. The number of anilines is 1. The van der Waals surface area contributed by atoms with Crippen molar-refractivity contribution in [2.45, 2.75) is 20.8 Å². The fourth-order valence-electron chi connectivity index (χ4n) is 1.81. The van der Waals surface area contributed by atoms with Crippen molar-refractivity contribution in [3.63, 3.8) is 0 Å². The third-order valence-electron chi connectivity index (χ3n) is 2.64. The van der Waals surface area contributed by atoms with Crippen molar-refractivity contribution in [1.82, 2.24) is 0 Å². The third kappa shape index (κ3) is 2.80. The maximum Gasteiger partial charge on any atom is 0.300 e. The maximum absolute atomic E-state index is 11.9. The summed E-state index contributed by atoms with van der Waals surface area (Å²) in [5.74, 6) is 4.94. The first-order valence-corrected chi connectivity index (χ1v) is 6.33. The first kappa shape index (κ1) is 13.6. The molecule has 0 bridgehead atoms. The van der Waals surface area contributed by atoms with Crippen molar-refractivity contribution in [1.29, 1.82) is 0 Å². The lowest BCUT2D eigenvalue weighted by molar-refractivity contribution is -0.114. The second-order valence-corrected chi connectivity index (χ2v) is 5.87. The minimum absolute atomic E-state index is 0.135. The number of rotatable bonds is 1. The number of hydrogen-bond donors (Lipinski definition) is 0. The second-order valence-electron chi connectivity index (χ2n) is 5.43. The molecule has 1 amide bonds. The molecule has 4 heteroatoms. The number of amides is 1. The highest BCUT2D eigenvalue weighted by Crippen LogP contribution is 2.31. The van der Waals surface area contributed by atoms with Crippen LogP contribution in [0.3, 0.4) is 0 Å². The standard InChI is InChI=1S/C15H14ClNO2/c1-15(2,3)7-4-8-17-12-9-10(16)5-6-11(12)13(18)14(17)19/h5-6,9H,8H2,1-3H3. The van der Waals surface area contributed by atoms with Gasteiger partial charge in [0, 0.05) is 10.4 Å². The summed E-state index contributed by atoms with van der Waals surface area (Å²) in [6, 6.07) is 4.81. The Morgan fingerprint density at radius 3 is 2.58 bits per heavy atom. The van der Waals surface area contributed by atoms with Crippen LogP contribution in [0.2, 0.25) is 5.02 Å². The minimum Gasteiger partial charge on any atom is -0.293 e. The predicted molar refractivity (Wildman–Crippen MR) is 75.4 cm³/mol. The predicted octanol–water partition coefficient (Wildman–Crippen LogP) is 2.92. The van der Waals surface area contributed by atoms with Crippen LogP contribution in [0.25, 0.3) is 0 Å². The number of carbonyl (C=O) groups excluding carboxylic acids is 2. The van der Waals surface area contributed by atoms with Crippen molar-refractivity contribution in [2.75, 3.05) is 11.4 Å². The molecule has 0 atom stereocenters. The molecule has 1 aliphatic rings. The minimum atomic E-state index is -0.541. The number of Topliss-reactive ketones (excluding diaryl/α,β-unsaturated/α-hetero) is 1. The molecule has 0 saturated heterocycles. The van der Waals surface area contributed by atoms with Crippen molar-refractivity contribution in [3.8, 4) is 11.8 Å². The molecule has 0 saturated carbocycles. The van der Waals surface area contributed by atoms with Crippen molar-refractivity contribution >= 4 is 29.0 Å². The number of carbonyl (C=O) groups is 2. The van der Waals surface area contributed by atoms with Crippen molar-refractivity contribution < 1.29 is 9.59 Å². The zero-order valence-corrected chi connectivity index (χ0v) is 11.8. The third-order valence-corrected chi connectivity index (χ3v) is 2.87. The Balaban J connectivity index is 2.32. The van der Waals surface area contributed by atoms with Gasteiger partial charge in [0.05, 0.1) is 17.8 Å². The smallest absolute Gasteiger partial charge is 0.293 e. The molecule has 3 nitrogen and oxygen atoms in total. The summed E-state index contributed by atoms with van der Waals surface area (Å²) in [6.45, 7) is 6.17. The number of nitrogens with zero attached hydrogens (tertiary/aromatic N) is 1. The van der Waals surface area contributed by atoms with Crippen LogP contribution in [0.4, 0.5) is 5.69 Å². The average molecular weight is 276 g/mol. The van der Waals surface area contributed by atoms with Crippen LogP contribution in [0.5, 0.6) is 0 Å². The zero-order chi connectivity index (χ0) is 14.2. The SMILES string of the molecule is CC(C)(C)C#CCN1C(=O)C(=O)c2ccc(Cl)cc21. The fourth-order valence-corrected chi connectivity index (χ4v) is 1.97. The van der Waals surface area contributed by atoms with E-state index in [1.54, 1.807) is 18.2 Å². The van der Waals surface area contributed by atoms with Gasteiger partial charge in [-0.15, -0.1) is 0 Å². The van der Waals surface area contributed by atoms with Gasteiger partial charge in [0.25, 0.3) is 11.7 Å². The number of halogens is 1. The molecule has 1 heterocycles. The molecule has 1 aromatic rings. The normalized spacial score (nSPS) is 14.2. The van der Waals surface area contributed by atoms with E-state index in [9.17, 15) is 9.59 Å². The lowest BCUT2D eigenvalue weighted by Crippen LogP contribution is -2.30. The van der Waals surface area contributed by atoms with E-state index in [4.69, 9.17) is 11.6 Å². The topological polar surface area (TPSA) is 37.4 Å². The van der Waals surface area contributed by atoms with Crippen LogP contribution in [0.1, 0.15) is 31.1 Å². The number of hydrogen-bond acceptors (Lipinski definition) is 2. The molecule has 0 N–H and O–H groups in total.